The molecule has 0 spiro atoms. The predicted octanol–water partition coefficient (Wildman–Crippen LogP) is 4.52. The molecule has 34 heavy (non-hydrogen) atoms. The van der Waals surface area contributed by atoms with Gasteiger partial charge in [0.1, 0.15) is 23.9 Å². The van der Waals surface area contributed by atoms with Crippen molar-refractivity contribution in [2.75, 3.05) is 32.6 Å². The van der Waals surface area contributed by atoms with Crippen molar-refractivity contribution in [1.82, 2.24) is 20.2 Å². The van der Waals surface area contributed by atoms with Crippen LogP contribution >= 0.6 is 0 Å². The summed E-state index contributed by atoms with van der Waals surface area (Å²) in [5.74, 6) is 1.92. The number of carbonyl (C=O) groups is 1. The second-order valence-electron chi connectivity index (χ2n) is 8.91. The van der Waals surface area contributed by atoms with Gasteiger partial charge in [-0.1, -0.05) is 12.1 Å². The number of benzene rings is 1. The van der Waals surface area contributed by atoms with Crippen LogP contribution in [0.5, 0.6) is 5.75 Å². The number of hydrogen-bond donors (Lipinski definition) is 2. The summed E-state index contributed by atoms with van der Waals surface area (Å²) in [4.78, 5) is 23.4. The maximum absolute atomic E-state index is 11.8. The number of rotatable bonds is 6. The first-order valence-corrected chi connectivity index (χ1v) is 11.6. The average Bonchev–Trinajstić information content (AvgIpc) is 2.89. The molecule has 0 saturated carbocycles. The van der Waals surface area contributed by atoms with Crippen molar-refractivity contribution in [3.8, 4) is 17.0 Å². The van der Waals surface area contributed by atoms with E-state index in [1.54, 1.807) is 25.7 Å². The number of piperidine rings is 1. The highest BCUT2D eigenvalue weighted by atomic mass is 16.5. The van der Waals surface area contributed by atoms with Crippen molar-refractivity contribution >= 4 is 23.9 Å². The zero-order valence-corrected chi connectivity index (χ0v) is 19.5. The second-order valence-corrected chi connectivity index (χ2v) is 8.91. The summed E-state index contributed by atoms with van der Waals surface area (Å²) < 4.78 is 5.34. The summed E-state index contributed by atoms with van der Waals surface area (Å²) in [5.41, 5.74) is 5.68. The molecule has 4 heterocycles. The number of anilines is 2. The standard InChI is InChI=1S/C27H29N5O2/c1-32-11-8-19(9-12-32)18-3-5-22(6-4-18)30-27-26-20(7-10-29-25(26)17-33)14-24(31-27)21-13-23(34-2)16-28-15-21/h3-7,10,13-17,19,25,29H,8-9,11-12H2,1-2H3,(H,30,31). The van der Waals surface area contributed by atoms with Crippen molar-refractivity contribution in [1.29, 1.82) is 0 Å². The van der Waals surface area contributed by atoms with Gasteiger partial charge in [0.15, 0.2) is 0 Å². The molecule has 174 valence electrons. The average molecular weight is 456 g/mol. The zero-order valence-electron chi connectivity index (χ0n) is 19.5. The smallest absolute Gasteiger partial charge is 0.146 e. The lowest BCUT2D eigenvalue weighted by Gasteiger charge is -2.29. The molecule has 2 N–H and O–H groups in total. The number of nitrogens with one attached hydrogen (secondary N) is 2. The van der Waals surface area contributed by atoms with E-state index in [9.17, 15) is 4.79 Å². The summed E-state index contributed by atoms with van der Waals surface area (Å²) in [6, 6.07) is 12.0. The number of aromatic nitrogens is 2. The van der Waals surface area contributed by atoms with Crippen LogP contribution in [-0.2, 0) is 4.79 Å². The number of nitrogens with zero attached hydrogens (tertiary/aromatic N) is 3. The maximum Gasteiger partial charge on any atom is 0.146 e. The first-order chi connectivity index (χ1) is 16.6. The quantitative estimate of drug-likeness (QED) is 0.529. The third-order valence-corrected chi connectivity index (χ3v) is 6.68. The van der Waals surface area contributed by atoms with Gasteiger partial charge in [0.2, 0.25) is 0 Å². The van der Waals surface area contributed by atoms with Gasteiger partial charge >= 0.3 is 0 Å². The van der Waals surface area contributed by atoms with Gasteiger partial charge in [-0.15, -0.1) is 0 Å². The molecule has 0 radical (unpaired) electrons. The van der Waals surface area contributed by atoms with Crippen molar-refractivity contribution in [2.24, 2.45) is 0 Å². The maximum atomic E-state index is 11.8. The number of likely N-dealkylation sites (tertiary alicyclic amines) is 1. The Labute approximate surface area is 199 Å². The van der Waals surface area contributed by atoms with Crippen LogP contribution in [0.1, 0.15) is 41.5 Å². The van der Waals surface area contributed by atoms with E-state index in [4.69, 9.17) is 9.72 Å². The zero-order chi connectivity index (χ0) is 23.5. The summed E-state index contributed by atoms with van der Waals surface area (Å²) in [5, 5.41) is 6.59. The van der Waals surface area contributed by atoms with Gasteiger partial charge in [0.25, 0.3) is 0 Å². The molecular weight excluding hydrogens is 426 g/mol. The Morgan fingerprint density at radius 1 is 1.15 bits per heavy atom. The molecule has 1 saturated heterocycles. The monoisotopic (exact) mass is 455 g/mol. The Kier molecular flexibility index (Phi) is 6.27. The minimum atomic E-state index is -0.467. The largest absolute Gasteiger partial charge is 0.495 e. The van der Waals surface area contributed by atoms with E-state index in [1.807, 2.05) is 18.2 Å². The van der Waals surface area contributed by atoms with Crippen LogP contribution in [0.2, 0.25) is 0 Å². The van der Waals surface area contributed by atoms with Crippen LogP contribution in [0.4, 0.5) is 11.5 Å². The number of ether oxygens (including phenoxy) is 1. The highest BCUT2D eigenvalue weighted by Crippen LogP contribution is 2.35. The highest BCUT2D eigenvalue weighted by molar-refractivity contribution is 5.80. The lowest BCUT2D eigenvalue weighted by molar-refractivity contribution is -0.109. The number of aldehydes is 1. The highest BCUT2D eigenvalue weighted by Gasteiger charge is 2.23. The normalized spacial score (nSPS) is 18.1. The van der Waals surface area contributed by atoms with Crippen LogP contribution < -0.4 is 15.4 Å². The van der Waals surface area contributed by atoms with Gasteiger partial charge in [0, 0.05) is 23.0 Å². The molecule has 0 bridgehead atoms. The molecule has 7 nitrogen and oxygen atoms in total. The van der Waals surface area contributed by atoms with E-state index < -0.39 is 6.04 Å². The van der Waals surface area contributed by atoms with E-state index in [-0.39, 0.29) is 0 Å². The lowest BCUT2D eigenvalue weighted by Crippen LogP contribution is -2.29. The molecule has 2 aromatic heterocycles. The van der Waals surface area contributed by atoms with Gasteiger partial charge in [-0.05, 0) is 86.6 Å². The summed E-state index contributed by atoms with van der Waals surface area (Å²) in [6.07, 6.45) is 10.5. The molecule has 3 aromatic rings. The molecule has 7 heteroatoms. The third-order valence-electron chi connectivity index (χ3n) is 6.68. The SMILES string of the molecule is COc1cncc(-c2cc3c(c(Nc4ccc(C5CCN(C)CC5)cc4)n2)C(C=O)NC=C3)c1. The predicted molar refractivity (Wildman–Crippen MR) is 134 cm³/mol. The molecule has 5 rings (SSSR count). The Hall–Kier alpha value is -3.71. The number of methoxy groups -OCH3 is 1. The first-order valence-electron chi connectivity index (χ1n) is 11.6. The van der Waals surface area contributed by atoms with Crippen molar-refractivity contribution in [3.05, 3.63) is 71.7 Å². The van der Waals surface area contributed by atoms with Crippen LogP contribution in [0.3, 0.4) is 0 Å². The van der Waals surface area contributed by atoms with Gasteiger partial charge < -0.3 is 25.1 Å². The summed E-state index contributed by atoms with van der Waals surface area (Å²) in [6.45, 7) is 2.28. The van der Waals surface area contributed by atoms with E-state index in [2.05, 4.69) is 51.8 Å². The van der Waals surface area contributed by atoms with Crippen molar-refractivity contribution in [3.63, 3.8) is 0 Å². The van der Waals surface area contributed by atoms with Gasteiger partial charge in [-0.25, -0.2) is 4.98 Å². The number of fused-ring (bicyclic) bond motifs is 1. The Bertz CT molecular complexity index is 1200. The number of pyridine rings is 2. The summed E-state index contributed by atoms with van der Waals surface area (Å²) >= 11 is 0. The third kappa shape index (κ3) is 4.52. The molecule has 2 aliphatic rings. The number of carbonyl (C=O) groups excluding carboxylic acids is 1. The molecule has 1 atom stereocenters. The Morgan fingerprint density at radius 2 is 1.94 bits per heavy atom. The fourth-order valence-electron chi connectivity index (χ4n) is 4.70. The van der Waals surface area contributed by atoms with Crippen LogP contribution in [0, 0.1) is 0 Å². The van der Waals surface area contributed by atoms with Crippen molar-refractivity contribution in [2.45, 2.75) is 24.8 Å². The van der Waals surface area contributed by atoms with Crippen molar-refractivity contribution < 1.29 is 9.53 Å². The van der Waals surface area contributed by atoms with Crippen LogP contribution in [-0.4, -0.2) is 48.4 Å². The Balaban J connectivity index is 1.48. The van der Waals surface area contributed by atoms with E-state index >= 15 is 0 Å². The molecule has 0 aliphatic carbocycles. The fraction of sp³-hybridized carbons (Fsp3) is 0.296. The van der Waals surface area contributed by atoms with Gasteiger partial charge in [-0.2, -0.15) is 0 Å². The Morgan fingerprint density at radius 3 is 2.68 bits per heavy atom. The van der Waals surface area contributed by atoms with E-state index in [0.717, 1.165) is 47.4 Å². The molecule has 0 amide bonds. The van der Waals surface area contributed by atoms with Gasteiger partial charge in [-0.3, -0.25) is 4.98 Å². The van der Waals surface area contributed by atoms with Crippen LogP contribution in [0.15, 0.2) is 55.0 Å². The minimum absolute atomic E-state index is 0.467. The number of hydrogen-bond acceptors (Lipinski definition) is 7. The second kappa shape index (κ2) is 9.65. The molecular formula is C27H29N5O2. The van der Waals surface area contributed by atoms with Crippen LogP contribution in [0.25, 0.3) is 17.3 Å². The molecule has 1 fully saturated rings. The topological polar surface area (TPSA) is 79.4 Å². The molecule has 1 aromatic carbocycles. The first kappa shape index (κ1) is 22.1. The van der Waals surface area contributed by atoms with E-state index in [1.165, 1.54) is 18.4 Å². The molecule has 2 aliphatic heterocycles. The fourth-order valence-corrected chi connectivity index (χ4v) is 4.70. The summed E-state index contributed by atoms with van der Waals surface area (Å²) in [7, 11) is 3.80. The lowest BCUT2D eigenvalue weighted by atomic mass is 9.89. The minimum Gasteiger partial charge on any atom is -0.495 e. The van der Waals surface area contributed by atoms with Gasteiger partial charge in [0.05, 0.1) is 19.0 Å². The van der Waals surface area contributed by atoms with E-state index in [0.29, 0.717) is 17.5 Å². The molecule has 1 unspecified atom stereocenters.